The molecular weight excluding hydrogens is 206 g/mol. The first-order valence-corrected chi connectivity index (χ1v) is 4.72. The van der Waals surface area contributed by atoms with Gasteiger partial charge in [-0.3, -0.25) is 9.78 Å². The Hall–Kier alpha value is -2.17. The average Bonchev–Trinajstić information content (AvgIpc) is 2.74. The molecule has 0 atom stereocenters. The lowest BCUT2D eigenvalue weighted by Crippen LogP contribution is -2.07. The maximum absolute atomic E-state index is 12.0. The first kappa shape index (κ1) is 10.4. The Morgan fingerprint density at radius 1 is 1.31 bits per heavy atom. The normalized spacial score (nSPS) is 10.1. The van der Waals surface area contributed by atoms with Crippen LogP contribution in [0, 0.1) is 0 Å². The van der Waals surface area contributed by atoms with Crippen molar-refractivity contribution in [1.29, 1.82) is 0 Å². The molecule has 0 saturated heterocycles. The zero-order valence-corrected chi connectivity index (χ0v) is 9.04. The van der Waals surface area contributed by atoms with Crippen LogP contribution in [-0.2, 0) is 7.05 Å². The van der Waals surface area contributed by atoms with Gasteiger partial charge < -0.3 is 9.30 Å². The van der Waals surface area contributed by atoms with Crippen molar-refractivity contribution in [3.8, 4) is 5.75 Å². The number of pyridine rings is 1. The Morgan fingerprint density at radius 3 is 2.75 bits per heavy atom. The zero-order chi connectivity index (χ0) is 11.5. The van der Waals surface area contributed by atoms with Crippen LogP contribution < -0.4 is 4.74 Å². The van der Waals surface area contributed by atoms with E-state index in [-0.39, 0.29) is 5.78 Å². The highest BCUT2D eigenvalue weighted by atomic mass is 16.5. The summed E-state index contributed by atoms with van der Waals surface area (Å²) in [6.07, 6.45) is 6.18. The number of aromatic nitrogens is 3. The molecular formula is C11H11N3O2. The summed E-state index contributed by atoms with van der Waals surface area (Å²) in [4.78, 5) is 19.9. The van der Waals surface area contributed by atoms with Crippen molar-refractivity contribution in [1.82, 2.24) is 14.5 Å². The molecule has 82 valence electrons. The molecule has 0 unspecified atom stereocenters. The molecule has 0 N–H and O–H groups in total. The molecule has 5 nitrogen and oxygen atoms in total. The number of imidazole rings is 1. The van der Waals surface area contributed by atoms with Gasteiger partial charge in [-0.05, 0) is 6.07 Å². The minimum atomic E-state index is -0.119. The van der Waals surface area contributed by atoms with E-state index in [1.807, 2.05) is 0 Å². The van der Waals surface area contributed by atoms with E-state index in [0.29, 0.717) is 17.0 Å². The van der Waals surface area contributed by atoms with Crippen molar-refractivity contribution in [2.24, 2.45) is 7.05 Å². The van der Waals surface area contributed by atoms with Crippen LogP contribution >= 0.6 is 0 Å². The molecule has 0 bridgehead atoms. The van der Waals surface area contributed by atoms with E-state index in [4.69, 9.17) is 4.74 Å². The van der Waals surface area contributed by atoms with Gasteiger partial charge in [0.25, 0.3) is 0 Å². The number of methoxy groups -OCH3 is 1. The maximum atomic E-state index is 12.0. The highest BCUT2D eigenvalue weighted by Gasteiger charge is 2.13. The molecule has 0 amide bonds. The van der Waals surface area contributed by atoms with Crippen LogP contribution in [0.25, 0.3) is 0 Å². The molecule has 0 saturated carbocycles. The molecule has 0 aromatic carbocycles. The molecule has 2 heterocycles. The molecule has 0 aliphatic heterocycles. The predicted molar refractivity (Wildman–Crippen MR) is 57.4 cm³/mol. The molecule has 2 rings (SSSR count). The lowest BCUT2D eigenvalue weighted by molar-refractivity contribution is 0.103. The van der Waals surface area contributed by atoms with E-state index in [2.05, 4.69) is 9.97 Å². The van der Waals surface area contributed by atoms with Gasteiger partial charge in [-0.25, -0.2) is 4.98 Å². The lowest BCUT2D eigenvalue weighted by atomic mass is 10.1. The van der Waals surface area contributed by atoms with Crippen molar-refractivity contribution in [2.45, 2.75) is 0 Å². The monoisotopic (exact) mass is 217 g/mol. The summed E-state index contributed by atoms with van der Waals surface area (Å²) in [6.45, 7) is 0. The molecule has 0 fully saturated rings. The smallest absolute Gasteiger partial charge is 0.212 e. The van der Waals surface area contributed by atoms with Crippen LogP contribution in [0.1, 0.15) is 16.1 Å². The van der Waals surface area contributed by atoms with Crippen LogP contribution in [0.3, 0.4) is 0 Å². The van der Waals surface area contributed by atoms with Crippen LogP contribution in [0.5, 0.6) is 5.75 Å². The molecule has 0 aliphatic rings. The number of nitrogens with zero attached hydrogens (tertiary/aromatic N) is 3. The number of ether oxygens (including phenoxy) is 1. The van der Waals surface area contributed by atoms with Gasteiger partial charge in [-0.15, -0.1) is 0 Å². The average molecular weight is 217 g/mol. The molecule has 2 aromatic heterocycles. The van der Waals surface area contributed by atoms with Gasteiger partial charge in [0.15, 0.2) is 0 Å². The van der Waals surface area contributed by atoms with Crippen molar-refractivity contribution in [2.75, 3.05) is 7.11 Å². The van der Waals surface area contributed by atoms with Crippen LogP contribution in [0.15, 0.2) is 31.0 Å². The SMILES string of the molecule is COc1cncc(C(=O)c2cncn2C)c1. The predicted octanol–water partition coefficient (Wildman–Crippen LogP) is 1.05. The quantitative estimate of drug-likeness (QED) is 0.721. The first-order chi connectivity index (χ1) is 7.72. The van der Waals surface area contributed by atoms with Crippen molar-refractivity contribution in [3.05, 3.63) is 42.2 Å². The summed E-state index contributed by atoms with van der Waals surface area (Å²) in [5.41, 5.74) is 1.01. The standard InChI is InChI=1S/C11H11N3O2/c1-14-7-13-6-10(14)11(15)8-3-9(16-2)5-12-4-8/h3-7H,1-2H3. The van der Waals surface area contributed by atoms with E-state index >= 15 is 0 Å². The van der Waals surface area contributed by atoms with Gasteiger partial charge >= 0.3 is 0 Å². The minimum absolute atomic E-state index is 0.119. The Bertz CT molecular complexity index is 519. The summed E-state index contributed by atoms with van der Waals surface area (Å²) in [5.74, 6) is 0.444. The van der Waals surface area contributed by atoms with E-state index in [1.54, 1.807) is 30.2 Å². The number of carbonyl (C=O) groups is 1. The zero-order valence-electron chi connectivity index (χ0n) is 9.04. The molecule has 0 spiro atoms. The molecule has 0 aliphatic carbocycles. The van der Waals surface area contributed by atoms with Gasteiger partial charge in [0, 0.05) is 18.8 Å². The molecule has 5 heteroatoms. The Balaban J connectivity index is 2.38. The summed E-state index contributed by atoms with van der Waals surface area (Å²) in [5, 5.41) is 0. The topological polar surface area (TPSA) is 57.0 Å². The van der Waals surface area contributed by atoms with Crippen molar-refractivity contribution >= 4 is 5.78 Å². The third-order valence-electron chi connectivity index (χ3n) is 2.26. The number of aryl methyl sites for hydroxylation is 1. The van der Waals surface area contributed by atoms with Gasteiger partial charge in [-0.2, -0.15) is 0 Å². The number of hydrogen-bond acceptors (Lipinski definition) is 4. The Labute approximate surface area is 92.7 Å². The van der Waals surface area contributed by atoms with Crippen molar-refractivity contribution in [3.63, 3.8) is 0 Å². The second kappa shape index (κ2) is 4.14. The van der Waals surface area contributed by atoms with Gasteiger partial charge in [0.1, 0.15) is 11.4 Å². The van der Waals surface area contributed by atoms with Crippen molar-refractivity contribution < 1.29 is 9.53 Å². The molecule has 16 heavy (non-hydrogen) atoms. The summed E-state index contributed by atoms with van der Waals surface area (Å²) < 4.78 is 6.68. The third kappa shape index (κ3) is 1.79. The van der Waals surface area contributed by atoms with Crippen LogP contribution in [-0.4, -0.2) is 27.4 Å². The number of rotatable bonds is 3. The Morgan fingerprint density at radius 2 is 2.12 bits per heavy atom. The van der Waals surface area contributed by atoms with Crippen LogP contribution in [0.4, 0.5) is 0 Å². The number of hydrogen-bond donors (Lipinski definition) is 0. The number of ketones is 1. The second-order valence-electron chi connectivity index (χ2n) is 3.33. The van der Waals surface area contributed by atoms with E-state index in [0.717, 1.165) is 0 Å². The summed E-state index contributed by atoms with van der Waals surface area (Å²) in [6, 6.07) is 1.66. The fourth-order valence-corrected chi connectivity index (χ4v) is 1.38. The van der Waals surface area contributed by atoms with E-state index in [1.165, 1.54) is 19.5 Å². The van der Waals surface area contributed by atoms with Gasteiger partial charge in [-0.1, -0.05) is 0 Å². The van der Waals surface area contributed by atoms with E-state index in [9.17, 15) is 4.79 Å². The fourth-order valence-electron chi connectivity index (χ4n) is 1.38. The summed E-state index contributed by atoms with van der Waals surface area (Å²) >= 11 is 0. The molecule has 2 aromatic rings. The highest BCUT2D eigenvalue weighted by Crippen LogP contribution is 2.13. The lowest BCUT2D eigenvalue weighted by Gasteiger charge is -2.03. The van der Waals surface area contributed by atoms with Gasteiger partial charge in [0.05, 0.1) is 25.8 Å². The maximum Gasteiger partial charge on any atom is 0.212 e. The van der Waals surface area contributed by atoms with E-state index < -0.39 is 0 Å². The highest BCUT2D eigenvalue weighted by molar-refractivity contribution is 6.07. The third-order valence-corrected chi connectivity index (χ3v) is 2.26. The summed E-state index contributed by atoms with van der Waals surface area (Å²) in [7, 11) is 3.31. The number of carbonyl (C=O) groups excluding carboxylic acids is 1. The minimum Gasteiger partial charge on any atom is -0.495 e. The fraction of sp³-hybridized carbons (Fsp3) is 0.182. The largest absolute Gasteiger partial charge is 0.495 e. The first-order valence-electron chi connectivity index (χ1n) is 4.72. The Kier molecular flexibility index (Phi) is 2.68. The molecule has 0 radical (unpaired) electrons. The van der Waals surface area contributed by atoms with Crippen LogP contribution in [0.2, 0.25) is 0 Å². The second-order valence-corrected chi connectivity index (χ2v) is 3.33. The van der Waals surface area contributed by atoms with Gasteiger partial charge in [0.2, 0.25) is 5.78 Å².